The van der Waals surface area contributed by atoms with Crippen molar-refractivity contribution in [3.8, 4) is 6.07 Å². The number of nitrogens with zero attached hydrogens (tertiary/aromatic N) is 1. The van der Waals surface area contributed by atoms with Crippen LogP contribution in [0.15, 0.2) is 40.9 Å². The van der Waals surface area contributed by atoms with Crippen LogP contribution in [0.4, 0.5) is 20.2 Å². The van der Waals surface area contributed by atoms with Crippen molar-refractivity contribution in [1.82, 2.24) is 0 Å². The Hall–Kier alpha value is -1.93. The van der Waals surface area contributed by atoms with Crippen LogP contribution in [0.3, 0.4) is 0 Å². The second-order valence-electron chi connectivity index (χ2n) is 3.56. The molecule has 2 rings (SSSR count). The van der Waals surface area contributed by atoms with Crippen LogP contribution in [0.25, 0.3) is 0 Å². The summed E-state index contributed by atoms with van der Waals surface area (Å²) in [5.41, 5.74) is 1.11. The number of nitrogens with one attached hydrogen (secondary N) is 1. The molecule has 0 fully saturated rings. The molecule has 0 atom stereocenters. The number of hydrogen-bond acceptors (Lipinski definition) is 2. The highest BCUT2D eigenvalue weighted by atomic mass is 79.9. The van der Waals surface area contributed by atoms with Crippen LogP contribution in [-0.2, 0) is 0 Å². The number of nitriles is 1. The van der Waals surface area contributed by atoms with Crippen molar-refractivity contribution in [2.45, 2.75) is 0 Å². The average molecular weight is 309 g/mol. The van der Waals surface area contributed by atoms with Crippen LogP contribution in [0.2, 0.25) is 0 Å². The molecule has 0 aliphatic heterocycles. The lowest BCUT2D eigenvalue weighted by Gasteiger charge is -2.09. The second-order valence-corrected chi connectivity index (χ2v) is 4.41. The first-order valence-electron chi connectivity index (χ1n) is 5.02. The predicted octanol–water partition coefficient (Wildman–Crippen LogP) is 4.34. The van der Waals surface area contributed by atoms with E-state index in [9.17, 15) is 8.78 Å². The van der Waals surface area contributed by atoms with Gasteiger partial charge in [0.15, 0.2) is 0 Å². The van der Waals surface area contributed by atoms with E-state index in [0.29, 0.717) is 15.7 Å². The van der Waals surface area contributed by atoms with E-state index in [1.807, 2.05) is 6.07 Å². The van der Waals surface area contributed by atoms with Gasteiger partial charge in [0.1, 0.15) is 17.7 Å². The summed E-state index contributed by atoms with van der Waals surface area (Å²) in [7, 11) is 0. The first kappa shape index (κ1) is 12.5. The number of halogens is 3. The molecule has 2 nitrogen and oxygen atoms in total. The van der Waals surface area contributed by atoms with Gasteiger partial charge in [0.25, 0.3) is 0 Å². The lowest BCUT2D eigenvalue weighted by molar-refractivity contribution is 0.584. The summed E-state index contributed by atoms with van der Waals surface area (Å²) < 4.78 is 26.7. The lowest BCUT2D eigenvalue weighted by Crippen LogP contribution is -1.95. The van der Waals surface area contributed by atoms with E-state index in [-0.39, 0.29) is 5.69 Å². The van der Waals surface area contributed by atoms with Crippen molar-refractivity contribution < 1.29 is 8.78 Å². The molecule has 0 radical (unpaired) electrons. The summed E-state index contributed by atoms with van der Waals surface area (Å²) in [6.45, 7) is 0. The van der Waals surface area contributed by atoms with E-state index in [1.165, 1.54) is 0 Å². The van der Waals surface area contributed by atoms with Gasteiger partial charge >= 0.3 is 0 Å². The van der Waals surface area contributed by atoms with E-state index >= 15 is 0 Å². The normalized spacial score (nSPS) is 9.89. The molecule has 0 bridgehead atoms. The fraction of sp³-hybridized carbons (Fsp3) is 0. The molecule has 0 amide bonds. The van der Waals surface area contributed by atoms with Gasteiger partial charge in [-0.15, -0.1) is 0 Å². The van der Waals surface area contributed by atoms with Gasteiger partial charge in [-0.3, -0.25) is 0 Å². The van der Waals surface area contributed by atoms with E-state index in [0.717, 1.165) is 18.2 Å². The zero-order chi connectivity index (χ0) is 13.1. The van der Waals surface area contributed by atoms with Crippen LogP contribution in [-0.4, -0.2) is 0 Å². The van der Waals surface area contributed by atoms with E-state index in [4.69, 9.17) is 5.26 Å². The minimum atomic E-state index is -0.675. The molecule has 18 heavy (non-hydrogen) atoms. The molecule has 2 aromatic carbocycles. The molecule has 0 spiro atoms. The van der Waals surface area contributed by atoms with E-state index < -0.39 is 11.6 Å². The first-order valence-corrected chi connectivity index (χ1v) is 5.81. The van der Waals surface area contributed by atoms with E-state index in [1.54, 1.807) is 18.2 Å². The molecule has 5 heteroatoms. The van der Waals surface area contributed by atoms with Gasteiger partial charge in [0.2, 0.25) is 0 Å². The van der Waals surface area contributed by atoms with Crippen LogP contribution in [0.5, 0.6) is 0 Å². The third kappa shape index (κ3) is 2.66. The van der Waals surface area contributed by atoms with Crippen LogP contribution in [0.1, 0.15) is 5.56 Å². The highest BCUT2D eigenvalue weighted by molar-refractivity contribution is 9.10. The molecule has 0 saturated heterocycles. The quantitative estimate of drug-likeness (QED) is 0.895. The Morgan fingerprint density at radius 3 is 2.39 bits per heavy atom. The van der Waals surface area contributed by atoms with Gasteiger partial charge in [-0.1, -0.05) is 6.07 Å². The highest BCUT2D eigenvalue weighted by Crippen LogP contribution is 2.27. The topological polar surface area (TPSA) is 35.8 Å². The number of hydrogen-bond donors (Lipinski definition) is 1. The Labute approximate surface area is 111 Å². The largest absolute Gasteiger partial charge is 0.354 e. The first-order chi connectivity index (χ1) is 8.60. The molecular weight excluding hydrogens is 302 g/mol. The van der Waals surface area contributed by atoms with Gasteiger partial charge in [0.05, 0.1) is 11.3 Å². The smallest absolute Gasteiger partial charge is 0.128 e. The summed E-state index contributed by atoms with van der Waals surface area (Å²) in [5.74, 6) is -1.35. The van der Waals surface area contributed by atoms with Crippen molar-refractivity contribution in [3.63, 3.8) is 0 Å². The molecule has 2 aromatic rings. The van der Waals surface area contributed by atoms with E-state index in [2.05, 4.69) is 21.2 Å². The summed E-state index contributed by atoms with van der Waals surface area (Å²) >= 11 is 3.24. The Morgan fingerprint density at radius 1 is 1.11 bits per heavy atom. The Bertz CT molecular complexity index is 615. The molecule has 0 aliphatic carbocycles. The van der Waals surface area contributed by atoms with Crippen molar-refractivity contribution in [2.75, 3.05) is 5.32 Å². The highest BCUT2D eigenvalue weighted by Gasteiger charge is 2.07. The zero-order valence-corrected chi connectivity index (χ0v) is 10.6. The van der Waals surface area contributed by atoms with Gasteiger partial charge in [-0.25, -0.2) is 8.78 Å². The average Bonchev–Trinajstić information content (AvgIpc) is 2.27. The number of rotatable bonds is 2. The molecular formula is C13H7BrF2N2. The van der Waals surface area contributed by atoms with Gasteiger partial charge in [-0.05, 0) is 40.2 Å². The minimum absolute atomic E-state index is 0.252. The molecule has 0 aliphatic rings. The maximum absolute atomic E-state index is 13.0. The van der Waals surface area contributed by atoms with Crippen LogP contribution < -0.4 is 5.32 Å². The maximum Gasteiger partial charge on any atom is 0.128 e. The molecule has 0 heterocycles. The van der Waals surface area contributed by atoms with Gasteiger partial charge < -0.3 is 5.32 Å². The van der Waals surface area contributed by atoms with Crippen LogP contribution in [0, 0.1) is 23.0 Å². The lowest BCUT2D eigenvalue weighted by atomic mass is 10.2. The van der Waals surface area contributed by atoms with Gasteiger partial charge in [0, 0.05) is 16.2 Å². The minimum Gasteiger partial charge on any atom is -0.354 e. The Kier molecular flexibility index (Phi) is 3.58. The number of benzene rings is 2. The van der Waals surface area contributed by atoms with Crippen molar-refractivity contribution in [3.05, 3.63) is 58.1 Å². The predicted molar refractivity (Wildman–Crippen MR) is 68.5 cm³/mol. The summed E-state index contributed by atoms with van der Waals surface area (Å²) in [5, 5.41) is 11.8. The third-order valence-electron chi connectivity index (χ3n) is 2.27. The fourth-order valence-corrected chi connectivity index (χ4v) is 1.98. The summed E-state index contributed by atoms with van der Waals surface area (Å²) in [6.07, 6.45) is 0. The maximum atomic E-state index is 13.0. The molecule has 90 valence electrons. The molecule has 1 N–H and O–H groups in total. The van der Waals surface area contributed by atoms with Crippen molar-refractivity contribution in [1.29, 1.82) is 5.26 Å². The molecule has 0 aromatic heterocycles. The van der Waals surface area contributed by atoms with Crippen molar-refractivity contribution >= 4 is 27.3 Å². The summed E-state index contributed by atoms with van der Waals surface area (Å²) in [6, 6.07) is 10.2. The Morgan fingerprint density at radius 2 is 1.78 bits per heavy atom. The summed E-state index contributed by atoms with van der Waals surface area (Å²) in [4.78, 5) is 0. The standard InChI is InChI=1S/C13H7BrF2N2/c14-12-2-1-3-13(11(12)7-17)18-10-5-8(15)4-9(16)6-10/h1-6,18H. The Balaban J connectivity index is 2.40. The zero-order valence-electron chi connectivity index (χ0n) is 9.05. The fourth-order valence-electron chi connectivity index (χ4n) is 1.52. The number of anilines is 2. The van der Waals surface area contributed by atoms with Crippen molar-refractivity contribution in [2.24, 2.45) is 0 Å². The molecule has 0 unspecified atom stereocenters. The van der Waals surface area contributed by atoms with Crippen LogP contribution >= 0.6 is 15.9 Å². The van der Waals surface area contributed by atoms with Gasteiger partial charge in [-0.2, -0.15) is 5.26 Å². The third-order valence-corrected chi connectivity index (χ3v) is 2.93. The monoisotopic (exact) mass is 308 g/mol. The molecule has 0 saturated carbocycles. The second kappa shape index (κ2) is 5.15. The SMILES string of the molecule is N#Cc1c(Br)cccc1Nc1cc(F)cc(F)c1.